The van der Waals surface area contributed by atoms with Gasteiger partial charge in [0.05, 0.1) is 0 Å². The van der Waals surface area contributed by atoms with Crippen LogP contribution in [0.25, 0.3) is 0 Å². The molecule has 0 aliphatic heterocycles. The predicted molar refractivity (Wildman–Crippen MR) is 67.2 cm³/mol. The van der Waals surface area contributed by atoms with E-state index in [0.29, 0.717) is 11.1 Å². The van der Waals surface area contributed by atoms with Crippen molar-refractivity contribution in [2.24, 2.45) is 5.73 Å². The summed E-state index contributed by atoms with van der Waals surface area (Å²) in [5, 5.41) is 3.75. The highest BCUT2D eigenvalue weighted by atomic mass is 79.9. The number of halogens is 2. The van der Waals surface area contributed by atoms with Crippen molar-refractivity contribution in [3.63, 3.8) is 0 Å². The van der Waals surface area contributed by atoms with Crippen LogP contribution in [-0.2, 0) is 4.79 Å². The van der Waals surface area contributed by atoms with Gasteiger partial charge in [0, 0.05) is 15.5 Å². The molecular weight excluding hydrogens is 291 g/mol. The molecule has 5 heteroatoms. The second-order valence-electron chi connectivity index (χ2n) is 3.94. The molecule has 1 aliphatic carbocycles. The van der Waals surface area contributed by atoms with Crippen LogP contribution in [-0.4, -0.2) is 11.9 Å². The fourth-order valence-corrected chi connectivity index (χ4v) is 2.15. The fourth-order valence-electron chi connectivity index (χ4n) is 1.55. The van der Waals surface area contributed by atoms with Gasteiger partial charge in [-0.1, -0.05) is 27.5 Å². The maximum Gasteiger partial charge on any atom is 0.239 e. The molecule has 3 nitrogen and oxygen atoms in total. The molecule has 1 aromatic carbocycles. The van der Waals surface area contributed by atoms with Crippen LogP contribution >= 0.6 is 27.5 Å². The summed E-state index contributed by atoms with van der Waals surface area (Å²) in [6, 6.07) is 5.31. The molecule has 0 spiro atoms. The van der Waals surface area contributed by atoms with E-state index in [9.17, 15) is 4.79 Å². The Kier molecular flexibility index (Phi) is 3.52. The Morgan fingerprint density at radius 1 is 1.56 bits per heavy atom. The van der Waals surface area contributed by atoms with Gasteiger partial charge < -0.3 is 5.73 Å². The van der Waals surface area contributed by atoms with E-state index < -0.39 is 11.9 Å². The van der Waals surface area contributed by atoms with Gasteiger partial charge in [0.25, 0.3) is 0 Å². The largest absolute Gasteiger partial charge is 0.368 e. The predicted octanol–water partition coefficient (Wildman–Crippen LogP) is 2.38. The summed E-state index contributed by atoms with van der Waals surface area (Å²) >= 11 is 9.43. The maximum atomic E-state index is 11.4. The quantitative estimate of drug-likeness (QED) is 0.897. The number of carbonyl (C=O) groups excluding carboxylic acids is 1. The summed E-state index contributed by atoms with van der Waals surface area (Å²) in [7, 11) is 0. The molecule has 1 atom stereocenters. The summed E-state index contributed by atoms with van der Waals surface area (Å²) in [5.41, 5.74) is 6.12. The highest BCUT2D eigenvalue weighted by molar-refractivity contribution is 9.10. The molecule has 86 valence electrons. The van der Waals surface area contributed by atoms with E-state index in [-0.39, 0.29) is 0 Å². The van der Waals surface area contributed by atoms with E-state index in [4.69, 9.17) is 17.3 Å². The lowest BCUT2D eigenvalue weighted by molar-refractivity contribution is -0.120. The molecular formula is C11H12BrClN2O. The molecule has 0 bridgehead atoms. The summed E-state index contributed by atoms with van der Waals surface area (Å²) in [6.07, 6.45) is 2.19. The zero-order chi connectivity index (χ0) is 11.7. The highest BCUT2D eigenvalue weighted by Gasteiger charge is 2.29. The number of hydrogen-bond acceptors (Lipinski definition) is 2. The Hall–Kier alpha value is -0.580. The Morgan fingerprint density at radius 2 is 2.25 bits per heavy atom. The van der Waals surface area contributed by atoms with Crippen LogP contribution in [0.5, 0.6) is 0 Å². The Morgan fingerprint density at radius 3 is 2.81 bits per heavy atom. The average molecular weight is 304 g/mol. The third-order valence-corrected chi connectivity index (χ3v) is 3.37. The van der Waals surface area contributed by atoms with Crippen molar-refractivity contribution in [2.45, 2.75) is 24.9 Å². The monoisotopic (exact) mass is 302 g/mol. The zero-order valence-corrected chi connectivity index (χ0v) is 10.9. The van der Waals surface area contributed by atoms with E-state index in [0.717, 1.165) is 22.9 Å². The van der Waals surface area contributed by atoms with E-state index >= 15 is 0 Å². The number of carbonyl (C=O) groups is 1. The van der Waals surface area contributed by atoms with E-state index in [2.05, 4.69) is 21.2 Å². The number of rotatable bonds is 4. The minimum absolute atomic E-state index is 0.396. The normalized spacial score (nSPS) is 17.1. The van der Waals surface area contributed by atoms with Gasteiger partial charge in [-0.3, -0.25) is 10.1 Å². The van der Waals surface area contributed by atoms with Gasteiger partial charge in [-0.15, -0.1) is 0 Å². The zero-order valence-electron chi connectivity index (χ0n) is 8.54. The third kappa shape index (κ3) is 2.75. The number of benzene rings is 1. The van der Waals surface area contributed by atoms with Gasteiger partial charge in [0.2, 0.25) is 5.91 Å². The standard InChI is InChI=1S/C11H12BrClN2O/c12-6-1-4-9(13)8(5-6)10(11(14)16)15-7-2-3-7/h1,4-5,7,10,15H,2-3H2,(H2,14,16). The molecule has 1 amide bonds. The third-order valence-electron chi connectivity index (χ3n) is 2.53. The van der Waals surface area contributed by atoms with E-state index in [1.165, 1.54) is 0 Å². The van der Waals surface area contributed by atoms with Crippen LogP contribution < -0.4 is 11.1 Å². The van der Waals surface area contributed by atoms with Gasteiger partial charge >= 0.3 is 0 Å². The molecule has 1 unspecified atom stereocenters. The second-order valence-corrected chi connectivity index (χ2v) is 5.27. The first-order valence-corrected chi connectivity index (χ1v) is 6.25. The van der Waals surface area contributed by atoms with Crippen molar-refractivity contribution in [1.29, 1.82) is 0 Å². The number of nitrogens with one attached hydrogen (secondary N) is 1. The minimum Gasteiger partial charge on any atom is -0.368 e. The molecule has 1 saturated carbocycles. The van der Waals surface area contributed by atoms with Crippen LogP contribution in [0.4, 0.5) is 0 Å². The van der Waals surface area contributed by atoms with Crippen molar-refractivity contribution in [3.05, 3.63) is 33.3 Å². The summed E-state index contributed by atoms with van der Waals surface area (Å²) in [5.74, 6) is -0.396. The summed E-state index contributed by atoms with van der Waals surface area (Å²) in [4.78, 5) is 11.4. The van der Waals surface area contributed by atoms with Crippen LogP contribution in [0.1, 0.15) is 24.4 Å². The van der Waals surface area contributed by atoms with Gasteiger partial charge in [-0.2, -0.15) is 0 Å². The smallest absolute Gasteiger partial charge is 0.239 e. The first-order chi connectivity index (χ1) is 7.58. The fraction of sp³-hybridized carbons (Fsp3) is 0.364. The number of primary amides is 1. The van der Waals surface area contributed by atoms with Gasteiger partial charge in [0.1, 0.15) is 6.04 Å². The number of nitrogens with two attached hydrogens (primary N) is 1. The van der Waals surface area contributed by atoms with Crippen LogP contribution in [0.3, 0.4) is 0 Å². The van der Waals surface area contributed by atoms with E-state index in [1.807, 2.05) is 12.1 Å². The molecule has 1 aliphatic rings. The van der Waals surface area contributed by atoms with Crippen LogP contribution in [0.15, 0.2) is 22.7 Å². The molecule has 3 N–H and O–H groups in total. The van der Waals surface area contributed by atoms with Crippen molar-refractivity contribution in [1.82, 2.24) is 5.32 Å². The molecule has 0 radical (unpaired) electrons. The van der Waals surface area contributed by atoms with Gasteiger partial charge in [0.15, 0.2) is 0 Å². The molecule has 16 heavy (non-hydrogen) atoms. The van der Waals surface area contributed by atoms with Crippen molar-refractivity contribution in [2.75, 3.05) is 0 Å². The molecule has 1 fully saturated rings. The topological polar surface area (TPSA) is 55.1 Å². The maximum absolute atomic E-state index is 11.4. The average Bonchev–Trinajstić information content (AvgIpc) is 3.02. The number of amides is 1. The van der Waals surface area contributed by atoms with Gasteiger partial charge in [-0.25, -0.2) is 0 Å². The lowest BCUT2D eigenvalue weighted by Gasteiger charge is -2.17. The first kappa shape index (κ1) is 11.9. The molecule has 0 aromatic heterocycles. The molecule has 0 heterocycles. The Bertz CT molecular complexity index is 420. The Balaban J connectivity index is 2.29. The SMILES string of the molecule is NC(=O)C(NC1CC1)c1cc(Br)ccc1Cl. The Labute approximate surface area is 107 Å². The van der Waals surface area contributed by atoms with Crippen molar-refractivity contribution in [3.8, 4) is 0 Å². The van der Waals surface area contributed by atoms with Gasteiger partial charge in [-0.05, 0) is 36.6 Å². The molecule has 2 rings (SSSR count). The molecule has 1 aromatic rings. The van der Waals surface area contributed by atoms with Crippen molar-refractivity contribution < 1.29 is 4.79 Å². The highest BCUT2D eigenvalue weighted by Crippen LogP contribution is 2.29. The second kappa shape index (κ2) is 4.73. The van der Waals surface area contributed by atoms with E-state index in [1.54, 1.807) is 6.07 Å². The van der Waals surface area contributed by atoms with Crippen molar-refractivity contribution >= 4 is 33.4 Å². The number of hydrogen-bond donors (Lipinski definition) is 2. The minimum atomic E-state index is -0.502. The lowest BCUT2D eigenvalue weighted by atomic mass is 10.1. The van der Waals surface area contributed by atoms with Crippen LogP contribution in [0.2, 0.25) is 5.02 Å². The first-order valence-electron chi connectivity index (χ1n) is 5.08. The summed E-state index contributed by atoms with van der Waals surface area (Å²) < 4.78 is 0.885. The summed E-state index contributed by atoms with van der Waals surface area (Å²) in [6.45, 7) is 0. The lowest BCUT2D eigenvalue weighted by Crippen LogP contribution is -2.35. The molecule has 0 saturated heterocycles. The van der Waals surface area contributed by atoms with Crippen LogP contribution in [0, 0.1) is 0 Å².